The highest BCUT2D eigenvalue weighted by molar-refractivity contribution is 6.83. The number of pyridine rings is 1. The van der Waals surface area contributed by atoms with E-state index in [1.54, 1.807) is 12.1 Å². The summed E-state index contributed by atoms with van der Waals surface area (Å²) < 4.78 is 0. The molecule has 0 atom stereocenters. The quantitative estimate of drug-likeness (QED) is 0.181. The van der Waals surface area contributed by atoms with Gasteiger partial charge in [-0.1, -0.05) is 90.8 Å². The average molecular weight is 458 g/mol. The van der Waals surface area contributed by atoms with E-state index in [-0.39, 0.29) is 11.8 Å². The number of unbranched alkanes of at least 4 members (excludes halogenated alkanes) is 8. The van der Waals surface area contributed by atoms with E-state index in [0.717, 1.165) is 31.2 Å². The Morgan fingerprint density at radius 2 is 1.22 bits per heavy atom. The van der Waals surface area contributed by atoms with Crippen LogP contribution in [0.3, 0.4) is 0 Å². The van der Waals surface area contributed by atoms with Crippen molar-refractivity contribution in [3.05, 3.63) is 17.7 Å². The van der Waals surface area contributed by atoms with E-state index < -0.39 is 8.07 Å². The van der Waals surface area contributed by atoms with Gasteiger partial charge in [0.25, 0.3) is 0 Å². The molecule has 6 heteroatoms. The van der Waals surface area contributed by atoms with Gasteiger partial charge in [-0.15, -0.1) is 5.54 Å². The number of carbonyl (C=O) groups excluding carboxylic acids is 2. The molecule has 5 nitrogen and oxygen atoms in total. The fourth-order valence-corrected chi connectivity index (χ4v) is 3.70. The number of hydrogen-bond acceptors (Lipinski definition) is 3. The Hall–Kier alpha value is -2.13. The zero-order valence-electron chi connectivity index (χ0n) is 20.9. The van der Waals surface area contributed by atoms with Gasteiger partial charge < -0.3 is 10.6 Å². The maximum atomic E-state index is 12.4. The first-order valence-corrected chi connectivity index (χ1v) is 15.9. The summed E-state index contributed by atoms with van der Waals surface area (Å²) in [4.78, 5) is 29.2. The molecule has 1 heterocycles. The molecule has 1 aromatic rings. The number of rotatable bonds is 14. The lowest BCUT2D eigenvalue weighted by atomic mass is 10.1. The van der Waals surface area contributed by atoms with Crippen LogP contribution in [0.25, 0.3) is 0 Å². The lowest BCUT2D eigenvalue weighted by molar-refractivity contribution is -0.117. The van der Waals surface area contributed by atoms with Crippen molar-refractivity contribution < 1.29 is 9.59 Å². The summed E-state index contributed by atoms with van der Waals surface area (Å²) >= 11 is 0. The van der Waals surface area contributed by atoms with Crippen LogP contribution in [0.2, 0.25) is 19.6 Å². The predicted molar refractivity (Wildman–Crippen MR) is 138 cm³/mol. The molecule has 0 unspecified atom stereocenters. The Kier molecular flexibility index (Phi) is 13.6. The van der Waals surface area contributed by atoms with Crippen molar-refractivity contribution in [2.45, 2.75) is 111 Å². The number of nitrogens with one attached hydrogen (secondary N) is 2. The van der Waals surface area contributed by atoms with Crippen molar-refractivity contribution in [2.24, 2.45) is 0 Å². The second-order valence-corrected chi connectivity index (χ2v) is 14.3. The van der Waals surface area contributed by atoms with Gasteiger partial charge in [0.2, 0.25) is 11.8 Å². The Labute approximate surface area is 196 Å². The third-order valence-corrected chi connectivity index (χ3v) is 5.83. The molecular formula is C26H43N3O2Si. The monoisotopic (exact) mass is 457 g/mol. The largest absolute Gasteiger partial charge is 0.311 e. The zero-order valence-corrected chi connectivity index (χ0v) is 21.9. The van der Waals surface area contributed by atoms with Gasteiger partial charge in [-0.2, -0.15) is 0 Å². The first kappa shape index (κ1) is 27.9. The lowest BCUT2D eigenvalue weighted by Crippen LogP contribution is -2.17. The second kappa shape index (κ2) is 15.6. The summed E-state index contributed by atoms with van der Waals surface area (Å²) in [5.41, 5.74) is 4.11. The van der Waals surface area contributed by atoms with Crippen LogP contribution in [0.5, 0.6) is 0 Å². The van der Waals surface area contributed by atoms with E-state index in [1.807, 2.05) is 0 Å². The minimum Gasteiger partial charge on any atom is -0.311 e. The Bertz CT molecular complexity index is 729. The topological polar surface area (TPSA) is 71.1 Å². The van der Waals surface area contributed by atoms with Gasteiger partial charge in [0.05, 0.1) is 0 Å². The van der Waals surface area contributed by atoms with Crippen LogP contribution in [0.4, 0.5) is 11.6 Å². The number of anilines is 2. The molecule has 1 aromatic heterocycles. The van der Waals surface area contributed by atoms with Crippen molar-refractivity contribution in [1.82, 2.24) is 4.98 Å². The fraction of sp³-hybridized carbons (Fsp3) is 0.654. The van der Waals surface area contributed by atoms with Crippen LogP contribution >= 0.6 is 0 Å². The molecule has 0 aliphatic rings. The average Bonchev–Trinajstić information content (AvgIpc) is 2.71. The number of carbonyl (C=O) groups is 2. The van der Waals surface area contributed by atoms with Crippen molar-refractivity contribution >= 4 is 31.5 Å². The number of aromatic nitrogens is 1. The van der Waals surface area contributed by atoms with Crippen LogP contribution in [0.15, 0.2) is 12.1 Å². The van der Waals surface area contributed by atoms with Gasteiger partial charge in [0.15, 0.2) is 0 Å². The molecule has 32 heavy (non-hydrogen) atoms. The number of nitrogens with zero attached hydrogens (tertiary/aromatic N) is 1. The molecule has 1 rings (SSSR count). The third-order valence-electron chi connectivity index (χ3n) is 4.96. The highest BCUT2D eigenvalue weighted by Gasteiger charge is 2.11. The number of amides is 2. The Balaban J connectivity index is 2.79. The van der Waals surface area contributed by atoms with Crippen LogP contribution in [-0.4, -0.2) is 24.9 Å². The first-order valence-electron chi connectivity index (χ1n) is 12.4. The number of hydrogen-bond donors (Lipinski definition) is 2. The van der Waals surface area contributed by atoms with Crippen molar-refractivity contribution in [1.29, 1.82) is 0 Å². The van der Waals surface area contributed by atoms with E-state index in [2.05, 4.69) is 60.6 Å². The van der Waals surface area contributed by atoms with Crippen LogP contribution in [0, 0.1) is 11.5 Å². The van der Waals surface area contributed by atoms with Gasteiger partial charge in [0.1, 0.15) is 19.7 Å². The lowest BCUT2D eigenvalue weighted by Gasteiger charge is -2.10. The summed E-state index contributed by atoms with van der Waals surface area (Å²) in [6.45, 7) is 10.9. The molecule has 0 aliphatic heterocycles. The molecule has 2 amide bonds. The standard InChI is InChI=1S/C26H43N3O2Si/c1-6-8-10-12-14-16-25(30)28-23-20-22(18-19-32(3,4)5)21-24(27-23)29-26(31)17-15-13-11-9-7-2/h20-21H,6-17H2,1-5H3,(H2,27,28,29,30,31). The van der Waals surface area contributed by atoms with Gasteiger partial charge in [0, 0.05) is 18.4 Å². The molecule has 0 aliphatic carbocycles. The second-order valence-electron chi connectivity index (χ2n) is 9.55. The summed E-state index contributed by atoms with van der Waals surface area (Å²) in [5.74, 6) is 4.02. The van der Waals surface area contributed by atoms with Gasteiger partial charge >= 0.3 is 0 Å². The van der Waals surface area contributed by atoms with E-state index in [1.165, 1.54) is 38.5 Å². The molecule has 0 saturated heterocycles. The van der Waals surface area contributed by atoms with Crippen LogP contribution in [0.1, 0.15) is 96.5 Å². The van der Waals surface area contributed by atoms with Gasteiger partial charge in [-0.05, 0) is 25.0 Å². The highest BCUT2D eigenvalue weighted by atomic mass is 28.3. The minimum absolute atomic E-state index is 0.0440. The normalized spacial score (nSPS) is 10.9. The molecule has 0 spiro atoms. The zero-order chi connectivity index (χ0) is 23.8. The molecule has 0 bridgehead atoms. The van der Waals surface area contributed by atoms with Crippen LogP contribution in [-0.2, 0) is 9.59 Å². The third kappa shape index (κ3) is 14.0. The van der Waals surface area contributed by atoms with E-state index in [0.29, 0.717) is 24.5 Å². The molecule has 0 fully saturated rings. The summed E-state index contributed by atoms with van der Waals surface area (Å²) in [5, 5.41) is 5.79. The molecule has 2 N–H and O–H groups in total. The summed E-state index contributed by atoms with van der Waals surface area (Å²) in [6, 6.07) is 3.59. The first-order chi connectivity index (χ1) is 15.2. The van der Waals surface area contributed by atoms with Crippen molar-refractivity contribution in [3.8, 4) is 11.5 Å². The SMILES string of the molecule is CCCCCCCC(=O)Nc1cc(C#C[Si](C)(C)C)cc(NC(=O)CCCCCCC)n1. The molecule has 178 valence electrons. The fourth-order valence-electron chi connectivity index (χ4n) is 3.18. The van der Waals surface area contributed by atoms with E-state index >= 15 is 0 Å². The minimum atomic E-state index is -1.55. The Morgan fingerprint density at radius 1 is 0.781 bits per heavy atom. The molecule has 0 saturated carbocycles. The maximum absolute atomic E-state index is 12.4. The van der Waals surface area contributed by atoms with E-state index in [4.69, 9.17) is 0 Å². The maximum Gasteiger partial charge on any atom is 0.225 e. The Morgan fingerprint density at radius 3 is 1.62 bits per heavy atom. The van der Waals surface area contributed by atoms with Gasteiger partial charge in [-0.25, -0.2) is 4.98 Å². The van der Waals surface area contributed by atoms with Gasteiger partial charge in [-0.3, -0.25) is 9.59 Å². The molecular weight excluding hydrogens is 414 g/mol. The highest BCUT2D eigenvalue weighted by Crippen LogP contribution is 2.16. The van der Waals surface area contributed by atoms with Crippen molar-refractivity contribution in [2.75, 3.05) is 10.6 Å². The molecule has 0 radical (unpaired) electrons. The predicted octanol–water partition coefficient (Wildman–Crippen LogP) is 6.91. The summed E-state index contributed by atoms with van der Waals surface area (Å²) in [7, 11) is -1.55. The summed E-state index contributed by atoms with van der Waals surface area (Å²) in [6.07, 6.45) is 12.0. The molecule has 0 aromatic carbocycles. The van der Waals surface area contributed by atoms with Crippen LogP contribution < -0.4 is 10.6 Å². The van der Waals surface area contributed by atoms with E-state index in [9.17, 15) is 9.59 Å². The smallest absolute Gasteiger partial charge is 0.225 e. The van der Waals surface area contributed by atoms with Crippen molar-refractivity contribution in [3.63, 3.8) is 0 Å².